The predicted molar refractivity (Wildman–Crippen MR) is 103 cm³/mol. The van der Waals surface area contributed by atoms with Crippen LogP contribution in [-0.4, -0.2) is 40.0 Å². The molecule has 1 aliphatic heterocycles. The first kappa shape index (κ1) is 18.2. The van der Waals surface area contributed by atoms with E-state index in [1.165, 1.54) is 25.7 Å². The van der Waals surface area contributed by atoms with Crippen molar-refractivity contribution >= 4 is 27.3 Å². The Morgan fingerprint density at radius 1 is 1.04 bits per heavy atom. The molecule has 0 unspecified atom stereocenters. The number of fused-ring (bicyclic) bond motifs is 1. The van der Waals surface area contributed by atoms with Gasteiger partial charge in [-0.1, -0.05) is 36.2 Å². The molecule has 0 aliphatic carbocycles. The van der Waals surface area contributed by atoms with Crippen LogP contribution in [0.4, 0.5) is 0 Å². The topological polar surface area (TPSA) is 76.7 Å². The molecule has 7 nitrogen and oxygen atoms in total. The molecule has 0 atom stereocenters. The Hall–Kier alpha value is -2.16. The summed E-state index contributed by atoms with van der Waals surface area (Å²) >= 11 is 6.18. The quantitative estimate of drug-likeness (QED) is 0.666. The Kier molecular flexibility index (Phi) is 4.79. The fourth-order valence-corrected chi connectivity index (χ4v) is 5.18. The van der Waals surface area contributed by atoms with Crippen LogP contribution in [0.25, 0.3) is 5.65 Å². The molecule has 27 heavy (non-hydrogen) atoms. The second-order valence-corrected chi connectivity index (χ2v) is 8.88. The van der Waals surface area contributed by atoms with Crippen LogP contribution in [0.2, 0.25) is 5.02 Å². The molecule has 3 aromatic rings. The fraction of sp³-hybridized carbons (Fsp3) is 0.333. The highest BCUT2D eigenvalue weighted by molar-refractivity contribution is 7.89. The first-order chi connectivity index (χ1) is 13.0. The van der Waals surface area contributed by atoms with Crippen LogP contribution in [0.3, 0.4) is 0 Å². The monoisotopic (exact) mass is 406 g/mol. The van der Waals surface area contributed by atoms with Gasteiger partial charge >= 0.3 is 5.69 Å². The molecule has 0 spiro atoms. The average Bonchev–Trinajstić information content (AvgIpc) is 3.00. The third-order valence-electron chi connectivity index (χ3n) is 4.78. The number of aromatic nitrogens is 3. The van der Waals surface area contributed by atoms with Crippen molar-refractivity contribution in [2.75, 3.05) is 13.1 Å². The van der Waals surface area contributed by atoms with Gasteiger partial charge in [-0.3, -0.25) is 0 Å². The Morgan fingerprint density at radius 2 is 1.78 bits per heavy atom. The third-order valence-corrected chi connectivity index (χ3v) is 7.07. The maximum atomic E-state index is 13.1. The van der Waals surface area contributed by atoms with Crippen LogP contribution in [0.15, 0.2) is 52.3 Å². The van der Waals surface area contributed by atoms with Crippen LogP contribution < -0.4 is 5.69 Å². The van der Waals surface area contributed by atoms with Crippen LogP contribution >= 0.6 is 11.6 Å². The van der Waals surface area contributed by atoms with Crippen LogP contribution in [-0.2, 0) is 16.6 Å². The Balaban J connectivity index is 1.80. The number of rotatable bonds is 4. The third kappa shape index (κ3) is 3.28. The van der Waals surface area contributed by atoms with E-state index in [2.05, 4.69) is 5.10 Å². The highest BCUT2D eigenvalue weighted by Gasteiger charge is 2.29. The highest BCUT2D eigenvalue weighted by Crippen LogP contribution is 2.23. The molecular formula is C18H19ClN4O3S. The molecule has 0 radical (unpaired) electrons. The largest absolute Gasteiger partial charge is 0.350 e. The summed E-state index contributed by atoms with van der Waals surface area (Å²) in [4.78, 5) is 12.8. The van der Waals surface area contributed by atoms with Crippen molar-refractivity contribution in [2.45, 2.75) is 30.7 Å². The van der Waals surface area contributed by atoms with E-state index in [0.717, 1.165) is 24.8 Å². The van der Waals surface area contributed by atoms with Gasteiger partial charge in [0, 0.05) is 24.3 Å². The van der Waals surface area contributed by atoms with Crippen LogP contribution in [0, 0.1) is 0 Å². The molecule has 2 aromatic heterocycles. The molecule has 3 heterocycles. The van der Waals surface area contributed by atoms with Gasteiger partial charge in [0.25, 0.3) is 0 Å². The number of benzene rings is 1. The minimum Gasteiger partial charge on any atom is -0.249 e. The van der Waals surface area contributed by atoms with Crippen molar-refractivity contribution < 1.29 is 8.42 Å². The van der Waals surface area contributed by atoms with E-state index in [1.54, 1.807) is 12.1 Å². The molecule has 142 valence electrons. The molecular weight excluding hydrogens is 388 g/mol. The molecule has 0 N–H and O–H groups in total. The minimum atomic E-state index is -3.70. The first-order valence-corrected chi connectivity index (χ1v) is 10.6. The summed E-state index contributed by atoms with van der Waals surface area (Å²) in [5.74, 6) is 0. The van der Waals surface area contributed by atoms with E-state index in [0.29, 0.717) is 18.1 Å². The van der Waals surface area contributed by atoms with Gasteiger partial charge in [-0.2, -0.15) is 4.31 Å². The lowest BCUT2D eigenvalue weighted by molar-refractivity contribution is 0.347. The summed E-state index contributed by atoms with van der Waals surface area (Å²) in [5, 5.41) is 4.84. The summed E-state index contributed by atoms with van der Waals surface area (Å²) in [6.07, 6.45) is 4.25. The number of hydrogen-bond donors (Lipinski definition) is 0. The van der Waals surface area contributed by atoms with E-state index in [4.69, 9.17) is 11.6 Å². The van der Waals surface area contributed by atoms with Crippen molar-refractivity contribution in [2.24, 2.45) is 0 Å². The second kappa shape index (κ2) is 7.10. The number of nitrogens with zero attached hydrogens (tertiary/aromatic N) is 4. The zero-order valence-corrected chi connectivity index (χ0v) is 16.2. The Bertz CT molecular complexity index is 1150. The van der Waals surface area contributed by atoms with Crippen LogP contribution in [0.1, 0.15) is 24.8 Å². The standard InChI is InChI=1S/C18H19ClN4O3S/c19-15-8-3-2-7-14(15)13-23-18(24)22-12-6-9-16(17(22)20-23)27(25,26)21-10-4-1-5-11-21/h2-3,6-9,12H,1,4-5,10-11,13H2. The van der Waals surface area contributed by atoms with Crippen LogP contribution in [0.5, 0.6) is 0 Å². The number of pyridine rings is 1. The molecule has 0 amide bonds. The molecule has 1 aliphatic rings. The summed E-state index contributed by atoms with van der Waals surface area (Å²) < 4.78 is 30.1. The smallest absolute Gasteiger partial charge is 0.249 e. The number of sulfonamides is 1. The molecule has 1 aromatic carbocycles. The maximum Gasteiger partial charge on any atom is 0.350 e. The van der Waals surface area contributed by atoms with E-state index >= 15 is 0 Å². The van der Waals surface area contributed by atoms with Crippen molar-refractivity contribution in [3.63, 3.8) is 0 Å². The average molecular weight is 407 g/mol. The van der Waals surface area contributed by atoms with Gasteiger partial charge < -0.3 is 0 Å². The number of halogens is 1. The normalized spacial score (nSPS) is 16.0. The van der Waals surface area contributed by atoms with E-state index in [1.807, 2.05) is 18.2 Å². The molecule has 1 fully saturated rings. The summed E-state index contributed by atoms with van der Waals surface area (Å²) in [6.45, 7) is 1.16. The van der Waals surface area contributed by atoms with Gasteiger partial charge in [0.05, 0.1) is 6.54 Å². The van der Waals surface area contributed by atoms with Crippen molar-refractivity contribution in [3.8, 4) is 0 Å². The second-order valence-electron chi connectivity index (χ2n) is 6.56. The lowest BCUT2D eigenvalue weighted by Crippen LogP contribution is -2.35. The Morgan fingerprint density at radius 3 is 2.52 bits per heavy atom. The lowest BCUT2D eigenvalue weighted by Gasteiger charge is -2.25. The zero-order valence-electron chi connectivity index (χ0n) is 14.6. The molecule has 9 heteroatoms. The summed E-state index contributed by atoms with van der Waals surface area (Å²) in [6, 6.07) is 10.3. The molecule has 1 saturated heterocycles. The Labute approximate surface area is 161 Å². The summed E-state index contributed by atoms with van der Waals surface area (Å²) in [7, 11) is -3.70. The molecule has 0 saturated carbocycles. The van der Waals surface area contributed by atoms with Gasteiger partial charge in [0.2, 0.25) is 10.0 Å². The van der Waals surface area contributed by atoms with Crippen molar-refractivity contribution in [1.82, 2.24) is 18.5 Å². The first-order valence-electron chi connectivity index (χ1n) is 8.80. The highest BCUT2D eigenvalue weighted by atomic mass is 35.5. The van der Waals surface area contributed by atoms with Gasteiger partial charge in [-0.15, -0.1) is 5.10 Å². The fourth-order valence-electron chi connectivity index (χ4n) is 3.35. The van der Waals surface area contributed by atoms with E-state index < -0.39 is 15.7 Å². The predicted octanol–water partition coefficient (Wildman–Crippen LogP) is 2.37. The van der Waals surface area contributed by atoms with E-state index in [9.17, 15) is 13.2 Å². The van der Waals surface area contributed by atoms with Gasteiger partial charge in [0.15, 0.2) is 5.65 Å². The van der Waals surface area contributed by atoms with Gasteiger partial charge in [-0.25, -0.2) is 22.3 Å². The zero-order chi connectivity index (χ0) is 19.0. The maximum absolute atomic E-state index is 13.1. The molecule has 4 rings (SSSR count). The number of piperidine rings is 1. The van der Waals surface area contributed by atoms with E-state index in [-0.39, 0.29) is 17.1 Å². The molecule has 0 bridgehead atoms. The lowest BCUT2D eigenvalue weighted by atomic mass is 10.2. The van der Waals surface area contributed by atoms with Crippen molar-refractivity contribution in [3.05, 3.63) is 63.7 Å². The SMILES string of the molecule is O=c1n(Cc2ccccc2Cl)nc2c(S(=O)(=O)N3CCCCC3)cccn12. The summed E-state index contributed by atoms with van der Waals surface area (Å²) in [5.41, 5.74) is 0.478. The van der Waals surface area contributed by atoms with Gasteiger partial charge in [0.1, 0.15) is 4.90 Å². The minimum absolute atomic E-state index is 0.0573. The van der Waals surface area contributed by atoms with Gasteiger partial charge in [-0.05, 0) is 36.6 Å². The number of hydrogen-bond acceptors (Lipinski definition) is 4. The van der Waals surface area contributed by atoms with Crippen molar-refractivity contribution in [1.29, 1.82) is 0 Å².